The summed E-state index contributed by atoms with van der Waals surface area (Å²) in [6, 6.07) is 2.39. The van der Waals surface area contributed by atoms with Gasteiger partial charge in [-0.15, -0.1) is 16.4 Å². The summed E-state index contributed by atoms with van der Waals surface area (Å²) in [6.45, 7) is 7.41. The Morgan fingerprint density at radius 1 is 1.07 bits per heavy atom. The van der Waals surface area contributed by atoms with E-state index in [1.165, 1.54) is 0 Å². The number of nitrogens with zero attached hydrogens (tertiary/aromatic N) is 2. The van der Waals surface area contributed by atoms with E-state index in [1.54, 1.807) is 13.8 Å². The van der Waals surface area contributed by atoms with E-state index in [4.69, 9.17) is 5.73 Å². The number of rotatable bonds is 4. The van der Waals surface area contributed by atoms with Crippen LogP contribution in [-0.2, 0) is 6.54 Å². The zero-order chi connectivity index (χ0) is 23.0. The van der Waals surface area contributed by atoms with Gasteiger partial charge in [0.1, 0.15) is 14.6 Å². The van der Waals surface area contributed by atoms with Gasteiger partial charge in [-0.3, -0.25) is 4.79 Å². The number of thiophene rings is 1. The smallest absolute Gasteiger partial charge is 0.310 e. The van der Waals surface area contributed by atoms with Gasteiger partial charge in [-0.1, -0.05) is 45.4 Å². The summed E-state index contributed by atoms with van der Waals surface area (Å²) in [5, 5.41) is 11.1. The molecule has 0 unspecified atom stereocenters. The van der Waals surface area contributed by atoms with E-state index in [2.05, 4.69) is 15.5 Å². The molecule has 1 amide bonds. The van der Waals surface area contributed by atoms with E-state index >= 15 is 0 Å². The summed E-state index contributed by atoms with van der Waals surface area (Å²) in [5.41, 5.74) is 7.99. The van der Waals surface area contributed by atoms with Crippen LogP contribution in [0.15, 0.2) is 29.2 Å². The second-order valence-electron chi connectivity index (χ2n) is 6.23. The molecule has 0 bridgehead atoms. The molecule has 2 heterocycles. The zero-order valence-corrected chi connectivity index (χ0v) is 18.2. The molecule has 30 heavy (non-hydrogen) atoms. The van der Waals surface area contributed by atoms with Crippen LogP contribution < -0.4 is 11.1 Å². The van der Waals surface area contributed by atoms with E-state index < -0.39 is 21.0 Å². The Kier molecular flexibility index (Phi) is 5.83. The summed E-state index contributed by atoms with van der Waals surface area (Å²) in [5.74, 6) is -0.547. The van der Waals surface area contributed by atoms with Crippen LogP contribution in [0, 0.1) is 13.8 Å². The fraction of sp³-hybridized carbons (Fsp3) is 0.278. The molecule has 12 heteroatoms. The van der Waals surface area contributed by atoms with Gasteiger partial charge in [0.15, 0.2) is 0 Å². The average Bonchev–Trinajstić information content (AvgIpc) is 3.00. The van der Waals surface area contributed by atoms with Crippen LogP contribution in [0.25, 0.3) is 10.2 Å². The normalized spacial score (nSPS) is 13.8. The third-order valence-electron chi connectivity index (χ3n) is 4.16. The van der Waals surface area contributed by atoms with E-state index in [0.717, 1.165) is 29.0 Å². The van der Waals surface area contributed by atoms with Crippen molar-refractivity contribution in [2.75, 3.05) is 5.73 Å². The number of aryl methyl sites for hydroxylation is 2. The number of halogens is 5. The Labute approximate surface area is 174 Å². The van der Waals surface area contributed by atoms with Crippen molar-refractivity contribution >= 4 is 43.4 Å². The number of hydrogen-bond donors (Lipinski definition) is 2. The van der Waals surface area contributed by atoms with Crippen molar-refractivity contribution in [3.8, 4) is 0 Å². The number of fused-ring (bicyclic) bond motifs is 1. The molecular weight excluding hydrogens is 447 g/mol. The van der Waals surface area contributed by atoms with Crippen LogP contribution >= 0.6 is 21.6 Å². The van der Waals surface area contributed by atoms with Gasteiger partial charge in [-0.25, -0.2) is 0 Å². The first-order valence-corrected chi connectivity index (χ1v) is 11.6. The molecule has 166 valence electrons. The Morgan fingerprint density at radius 3 is 2.17 bits per heavy atom. The highest BCUT2D eigenvalue weighted by Gasteiger charge is 2.65. The van der Waals surface area contributed by atoms with E-state index in [9.17, 15) is 24.2 Å². The minimum atomic E-state index is -9.71. The van der Waals surface area contributed by atoms with Crippen molar-refractivity contribution in [1.29, 1.82) is 0 Å². The number of nitrogens with one attached hydrogen (secondary N) is 1. The van der Waals surface area contributed by atoms with Crippen LogP contribution in [0.4, 0.5) is 25.1 Å². The molecular formula is C18H21F5N4OS2. The molecule has 0 saturated heterocycles. The van der Waals surface area contributed by atoms with E-state index in [0.29, 0.717) is 28.0 Å². The topological polar surface area (TPSA) is 80.9 Å². The van der Waals surface area contributed by atoms with Gasteiger partial charge in [-0.2, -0.15) is 5.10 Å². The molecule has 1 aromatic carbocycles. The summed E-state index contributed by atoms with van der Waals surface area (Å²) in [7, 11) is -9.71. The first-order chi connectivity index (χ1) is 13.7. The molecule has 0 atom stereocenters. The van der Waals surface area contributed by atoms with Crippen LogP contribution in [0.3, 0.4) is 0 Å². The van der Waals surface area contributed by atoms with Crippen molar-refractivity contribution in [2.45, 2.75) is 39.1 Å². The fourth-order valence-corrected chi connectivity index (χ4v) is 4.20. The molecule has 0 fully saturated rings. The SMILES string of the molecule is CC.Cc1nnc2sc(C(=O)NCc3ccc(S(F)(F)(F)(F)F)cc3)c(N)c2c1C. The van der Waals surface area contributed by atoms with Crippen LogP contribution in [0.5, 0.6) is 0 Å². The average molecular weight is 469 g/mol. The minimum Gasteiger partial charge on any atom is -0.397 e. The number of amides is 1. The molecule has 5 nitrogen and oxygen atoms in total. The summed E-state index contributed by atoms with van der Waals surface area (Å²) < 4.78 is 63.6. The van der Waals surface area contributed by atoms with Gasteiger partial charge >= 0.3 is 10.2 Å². The maximum atomic E-state index is 12.7. The summed E-state index contributed by atoms with van der Waals surface area (Å²) in [6.07, 6.45) is 0. The molecule has 0 radical (unpaired) electrons. The van der Waals surface area contributed by atoms with Gasteiger partial charge in [0.2, 0.25) is 0 Å². The molecule has 0 aliphatic rings. The number of aromatic nitrogens is 2. The molecule has 3 rings (SSSR count). The number of carbonyl (C=O) groups is 1. The van der Waals surface area contributed by atoms with Crippen LogP contribution in [0.1, 0.15) is 40.3 Å². The fourth-order valence-electron chi connectivity index (χ4n) is 2.54. The highest BCUT2D eigenvalue weighted by molar-refractivity contribution is 8.45. The van der Waals surface area contributed by atoms with Gasteiger partial charge in [0.25, 0.3) is 5.91 Å². The molecule has 0 aliphatic carbocycles. The van der Waals surface area contributed by atoms with Crippen LogP contribution in [0.2, 0.25) is 0 Å². The molecule has 0 aliphatic heterocycles. The summed E-state index contributed by atoms with van der Waals surface area (Å²) >= 11 is 1.04. The zero-order valence-electron chi connectivity index (χ0n) is 16.6. The molecule has 0 saturated carbocycles. The Hall–Kier alpha value is -2.47. The number of anilines is 1. The highest BCUT2D eigenvalue weighted by Crippen LogP contribution is 3.02. The number of hydrogen-bond acceptors (Lipinski definition) is 5. The maximum Gasteiger partial charge on any atom is 0.310 e. The standard InChI is InChI=1S/C16H15F5N4OS2.C2H6/c1-8-9(2)24-25-16-12(8)13(22)14(27-16)15(26)23-7-10-3-5-11(6-4-10)28(17,18,19,20)21;1-2/h3-6H,7,22H2,1-2H3,(H,23,26);1-2H3. The highest BCUT2D eigenvalue weighted by atomic mass is 32.5. The van der Waals surface area contributed by atoms with Gasteiger partial charge < -0.3 is 11.1 Å². The molecule has 2 aromatic heterocycles. The van der Waals surface area contributed by atoms with E-state index in [-0.39, 0.29) is 22.7 Å². The molecule has 3 aromatic rings. The molecule has 0 spiro atoms. The Balaban J connectivity index is 0.00000155. The lowest BCUT2D eigenvalue weighted by atomic mass is 10.1. The molecule has 3 N–H and O–H groups in total. The van der Waals surface area contributed by atoms with Crippen molar-refractivity contribution in [3.05, 3.63) is 46.0 Å². The lowest BCUT2D eigenvalue weighted by Gasteiger charge is -2.40. The largest absolute Gasteiger partial charge is 0.397 e. The maximum absolute atomic E-state index is 12.7. The van der Waals surface area contributed by atoms with Gasteiger partial charge in [0, 0.05) is 11.9 Å². The number of carbonyl (C=O) groups excluding carboxylic acids is 1. The Bertz CT molecular complexity index is 1100. The van der Waals surface area contributed by atoms with Crippen LogP contribution in [-0.4, -0.2) is 16.1 Å². The van der Waals surface area contributed by atoms with Crippen molar-refractivity contribution < 1.29 is 24.2 Å². The predicted octanol–water partition coefficient (Wildman–Crippen LogP) is 6.50. The Morgan fingerprint density at radius 2 is 1.63 bits per heavy atom. The number of nitrogens with two attached hydrogens (primary N) is 1. The minimum absolute atomic E-state index is 0.156. The predicted molar refractivity (Wildman–Crippen MR) is 112 cm³/mol. The quantitative estimate of drug-likeness (QED) is 0.428. The number of benzene rings is 1. The van der Waals surface area contributed by atoms with Crippen molar-refractivity contribution in [3.63, 3.8) is 0 Å². The lowest BCUT2D eigenvalue weighted by molar-refractivity contribution is 0.0955. The third kappa shape index (κ3) is 4.98. The first kappa shape index (κ1) is 23.8. The van der Waals surface area contributed by atoms with E-state index in [1.807, 2.05) is 13.8 Å². The second-order valence-corrected chi connectivity index (χ2v) is 9.64. The second kappa shape index (κ2) is 7.34. The summed E-state index contributed by atoms with van der Waals surface area (Å²) in [4.78, 5) is 11.1. The number of nitrogen functional groups attached to an aromatic ring is 1. The van der Waals surface area contributed by atoms with Crippen molar-refractivity contribution in [1.82, 2.24) is 15.5 Å². The van der Waals surface area contributed by atoms with Crippen molar-refractivity contribution in [2.24, 2.45) is 0 Å². The third-order valence-corrected chi connectivity index (χ3v) is 6.41. The lowest BCUT2D eigenvalue weighted by Crippen LogP contribution is -2.22. The van der Waals surface area contributed by atoms with Gasteiger partial charge in [0.05, 0.1) is 11.4 Å². The first-order valence-electron chi connectivity index (χ1n) is 8.80. The van der Waals surface area contributed by atoms with Gasteiger partial charge in [-0.05, 0) is 37.1 Å². The monoisotopic (exact) mass is 468 g/mol.